The fourth-order valence-corrected chi connectivity index (χ4v) is 4.13. The first-order chi connectivity index (χ1) is 16.6. The minimum atomic E-state index is -1.06. The summed E-state index contributed by atoms with van der Waals surface area (Å²) >= 11 is 0. The summed E-state index contributed by atoms with van der Waals surface area (Å²) < 4.78 is 24.6. The third-order valence-corrected chi connectivity index (χ3v) is 7.97. The zero-order chi connectivity index (χ0) is 26.5. The van der Waals surface area contributed by atoms with Gasteiger partial charge in [0.25, 0.3) is 0 Å². The predicted octanol–water partition coefficient (Wildman–Crippen LogP) is 4.26. The first-order valence-corrected chi connectivity index (χ1v) is 12.5. The second-order valence-electron chi connectivity index (χ2n) is 11.7. The summed E-state index contributed by atoms with van der Waals surface area (Å²) in [6, 6.07) is 16.7. The Morgan fingerprint density at radius 1 is 0.778 bits per heavy atom. The predicted molar refractivity (Wildman–Crippen MR) is 144 cm³/mol. The van der Waals surface area contributed by atoms with Gasteiger partial charge in [0, 0.05) is 11.1 Å². The highest BCUT2D eigenvalue weighted by molar-refractivity contribution is 6.62. The normalized spacial score (nSPS) is 21.5. The number of aromatic nitrogens is 2. The van der Waals surface area contributed by atoms with Gasteiger partial charge in [0.15, 0.2) is 0 Å². The van der Waals surface area contributed by atoms with Crippen LogP contribution in [0, 0.1) is 6.92 Å². The molecule has 0 unspecified atom stereocenters. The van der Waals surface area contributed by atoms with Crippen molar-refractivity contribution in [1.82, 2.24) is 9.78 Å². The molecule has 2 saturated heterocycles. The van der Waals surface area contributed by atoms with Crippen molar-refractivity contribution in [2.45, 2.75) is 91.3 Å². The molecule has 1 aromatic heterocycles. The van der Waals surface area contributed by atoms with Gasteiger partial charge < -0.3 is 23.6 Å². The van der Waals surface area contributed by atoms with Crippen molar-refractivity contribution < 1.29 is 23.6 Å². The Morgan fingerprint density at radius 2 is 1.31 bits per heavy atom. The van der Waals surface area contributed by atoms with Crippen LogP contribution in [0.25, 0.3) is 10.9 Å². The van der Waals surface area contributed by atoms with Crippen LogP contribution in [0.1, 0.15) is 66.6 Å². The molecule has 1 N–H and O–H groups in total. The first-order valence-electron chi connectivity index (χ1n) is 12.5. The molecule has 2 fully saturated rings. The zero-order valence-corrected chi connectivity index (χ0v) is 23.0. The van der Waals surface area contributed by atoms with Gasteiger partial charge >= 0.3 is 14.4 Å². The van der Waals surface area contributed by atoms with Crippen LogP contribution in [0.3, 0.4) is 0 Å². The van der Waals surface area contributed by atoms with Gasteiger partial charge in [-0.05, 0) is 79.4 Å². The molecule has 2 aromatic carbocycles. The smallest absolute Gasteiger partial charge is 0.402 e. The molecule has 0 spiro atoms. The lowest BCUT2D eigenvalue weighted by atomic mass is 9.79. The van der Waals surface area contributed by atoms with E-state index in [1.54, 1.807) is 0 Å². The molecular formula is C27H38B2N2O5. The molecule has 9 heteroatoms. The van der Waals surface area contributed by atoms with Crippen LogP contribution >= 0.6 is 0 Å². The Labute approximate surface area is 215 Å². The van der Waals surface area contributed by atoms with E-state index in [-0.39, 0.29) is 18.3 Å². The van der Waals surface area contributed by atoms with Crippen LogP contribution in [0.2, 0.25) is 0 Å². The summed E-state index contributed by atoms with van der Waals surface area (Å²) in [5.74, 6) is 0. The van der Waals surface area contributed by atoms with Crippen molar-refractivity contribution in [2.24, 2.45) is 0 Å². The van der Waals surface area contributed by atoms with Crippen molar-refractivity contribution in [2.75, 3.05) is 0 Å². The van der Waals surface area contributed by atoms with E-state index >= 15 is 0 Å². The molecule has 3 aromatic rings. The lowest BCUT2D eigenvalue weighted by Crippen LogP contribution is -2.41. The molecule has 0 atom stereocenters. The Bertz CT molecular complexity index is 1190. The summed E-state index contributed by atoms with van der Waals surface area (Å²) in [7, 11) is -1.42. The zero-order valence-electron chi connectivity index (χ0n) is 23.0. The van der Waals surface area contributed by atoms with Crippen molar-refractivity contribution in [3.8, 4) is 0 Å². The van der Waals surface area contributed by atoms with Crippen molar-refractivity contribution >= 4 is 30.8 Å². The highest BCUT2D eigenvalue weighted by Gasteiger charge is 2.52. The summed E-state index contributed by atoms with van der Waals surface area (Å²) in [6.07, 6.45) is 0. The molecule has 192 valence electrons. The molecule has 5 rings (SSSR count). The van der Waals surface area contributed by atoms with Gasteiger partial charge in [0.1, 0.15) is 0 Å². The monoisotopic (exact) mass is 492 g/mol. The van der Waals surface area contributed by atoms with E-state index < -0.39 is 18.5 Å². The van der Waals surface area contributed by atoms with E-state index in [9.17, 15) is 0 Å². The van der Waals surface area contributed by atoms with E-state index in [2.05, 4.69) is 81.8 Å². The average Bonchev–Trinajstić information content (AvgIpc) is 3.26. The lowest BCUT2D eigenvalue weighted by Gasteiger charge is -2.32. The van der Waals surface area contributed by atoms with Crippen molar-refractivity contribution in [1.29, 1.82) is 0 Å². The van der Waals surface area contributed by atoms with Gasteiger partial charge in [-0.1, -0.05) is 42.5 Å². The molecule has 3 heterocycles. The van der Waals surface area contributed by atoms with Crippen LogP contribution < -0.4 is 5.46 Å². The maximum absolute atomic E-state index is 8.96. The molecular weight excluding hydrogens is 454 g/mol. The van der Waals surface area contributed by atoms with Gasteiger partial charge in [-0.15, -0.1) is 0 Å². The summed E-state index contributed by atoms with van der Waals surface area (Å²) in [5, 5.41) is 14.9. The summed E-state index contributed by atoms with van der Waals surface area (Å²) in [4.78, 5) is 0. The lowest BCUT2D eigenvalue weighted by molar-refractivity contribution is 0.00578. The number of hydrogen-bond acceptors (Lipinski definition) is 6. The van der Waals surface area contributed by atoms with Crippen LogP contribution in [-0.2, 0) is 25.2 Å². The van der Waals surface area contributed by atoms with Crippen molar-refractivity contribution in [3.05, 3.63) is 59.8 Å². The van der Waals surface area contributed by atoms with Gasteiger partial charge in [-0.3, -0.25) is 4.68 Å². The van der Waals surface area contributed by atoms with Crippen molar-refractivity contribution in [3.63, 3.8) is 0 Å². The van der Waals surface area contributed by atoms with E-state index in [0.717, 1.165) is 17.5 Å². The Morgan fingerprint density at radius 3 is 1.81 bits per heavy atom. The van der Waals surface area contributed by atoms with Gasteiger partial charge in [-0.2, -0.15) is 5.10 Å². The quantitative estimate of drug-likeness (QED) is 0.551. The molecule has 0 bridgehead atoms. The van der Waals surface area contributed by atoms with Crippen LogP contribution in [0.15, 0.2) is 48.5 Å². The number of nitrogens with zero attached hydrogens (tertiary/aromatic N) is 2. The number of benzene rings is 2. The minimum absolute atomic E-state index is 0.338. The second-order valence-corrected chi connectivity index (χ2v) is 11.7. The van der Waals surface area contributed by atoms with Crippen LogP contribution in [0.4, 0.5) is 0 Å². The highest BCUT2D eigenvalue weighted by Crippen LogP contribution is 2.37. The van der Waals surface area contributed by atoms with E-state index in [1.807, 2.05) is 33.8 Å². The Hall–Kier alpha value is -2.16. The molecule has 36 heavy (non-hydrogen) atoms. The molecule has 0 radical (unpaired) electrons. The van der Waals surface area contributed by atoms with E-state index in [0.29, 0.717) is 0 Å². The maximum Gasteiger partial charge on any atom is 0.637 e. The minimum Gasteiger partial charge on any atom is -0.402 e. The molecule has 0 aliphatic carbocycles. The topological polar surface area (TPSA) is 75.0 Å². The molecule has 7 nitrogen and oxygen atoms in total. The van der Waals surface area contributed by atoms with E-state index in [4.69, 9.17) is 28.7 Å². The largest absolute Gasteiger partial charge is 0.637 e. The van der Waals surface area contributed by atoms with Gasteiger partial charge in [-0.25, -0.2) is 0 Å². The summed E-state index contributed by atoms with van der Waals surface area (Å²) in [6.45, 7) is 18.8. The van der Waals surface area contributed by atoms with E-state index in [1.165, 1.54) is 16.6 Å². The number of aryl methyl sites for hydroxylation is 1. The molecule has 2 aliphatic heterocycles. The Balaban J connectivity index is 0.000000256. The Kier molecular flexibility index (Phi) is 6.94. The first kappa shape index (κ1) is 26.9. The average molecular weight is 492 g/mol. The standard InChI is InChI=1S/C21H25BN2O2.C6H13BO3/c1-15-18-12-11-17(22-25-20(2,3)21(4,5)26-22)13-19(18)23-24(15)14-16-9-7-6-8-10-16;1-5(2)6(3,4)10-7(8)9-5/h6-13H,14H2,1-5H3;8H,1-4H3. The fraction of sp³-hybridized carbons (Fsp3) is 0.519. The number of hydrogen-bond donors (Lipinski definition) is 1. The molecule has 2 aliphatic rings. The SMILES string of the molecule is CC1(C)OB(O)OC1(C)C.Cc1c2ccc(B3OC(C)(C)C(C)(C)O3)cc2nn1Cc1ccccc1. The summed E-state index contributed by atoms with van der Waals surface area (Å²) in [5.41, 5.74) is 2.91. The number of fused-ring (bicyclic) bond motifs is 1. The highest BCUT2D eigenvalue weighted by atomic mass is 16.7. The van der Waals surface area contributed by atoms with Crippen LogP contribution in [-0.4, -0.2) is 51.6 Å². The number of rotatable bonds is 3. The molecule has 0 amide bonds. The van der Waals surface area contributed by atoms with Gasteiger partial charge in [0.05, 0.1) is 34.5 Å². The maximum atomic E-state index is 8.96. The third kappa shape index (κ3) is 5.13. The molecule has 0 saturated carbocycles. The second kappa shape index (κ2) is 9.30. The fourth-order valence-electron chi connectivity index (χ4n) is 4.13. The van der Waals surface area contributed by atoms with Gasteiger partial charge in [0.2, 0.25) is 0 Å². The third-order valence-electron chi connectivity index (χ3n) is 7.97. The van der Waals surface area contributed by atoms with Crippen LogP contribution in [0.5, 0.6) is 0 Å².